The molecule has 1 aromatic rings. The van der Waals surface area contributed by atoms with Crippen molar-refractivity contribution in [3.8, 4) is 0 Å². The zero-order valence-corrected chi connectivity index (χ0v) is 11.1. The van der Waals surface area contributed by atoms with Gasteiger partial charge in [-0.1, -0.05) is 18.9 Å². The lowest BCUT2D eigenvalue weighted by molar-refractivity contribution is 0.0697. The molecule has 0 radical (unpaired) electrons. The van der Waals surface area contributed by atoms with E-state index in [1.54, 1.807) is 18.3 Å². The number of carboxylic acid groups (broad SMARTS) is 1. The summed E-state index contributed by atoms with van der Waals surface area (Å²) in [5.41, 5.74) is 0.749. The van der Waals surface area contributed by atoms with Crippen molar-refractivity contribution in [1.82, 2.24) is 5.32 Å². The van der Waals surface area contributed by atoms with Crippen molar-refractivity contribution in [3.05, 3.63) is 42.1 Å². The Morgan fingerprint density at radius 1 is 1.15 bits per heavy atom. The van der Waals surface area contributed by atoms with Gasteiger partial charge in [0.1, 0.15) is 0 Å². The molecule has 0 atom stereocenters. The van der Waals surface area contributed by atoms with Gasteiger partial charge < -0.3 is 15.7 Å². The number of hydrogen-bond acceptors (Lipinski definition) is 2. The van der Waals surface area contributed by atoms with E-state index in [0.29, 0.717) is 11.6 Å². The van der Waals surface area contributed by atoms with Crippen molar-refractivity contribution >= 4 is 17.7 Å². The summed E-state index contributed by atoms with van der Waals surface area (Å²) in [7, 11) is 0. The summed E-state index contributed by atoms with van der Waals surface area (Å²) in [5.74, 6) is -0.411. The number of nitrogens with one attached hydrogen (secondary N) is 2. The van der Waals surface area contributed by atoms with Gasteiger partial charge in [-0.05, 0) is 43.0 Å². The first-order valence-electron chi connectivity index (χ1n) is 6.73. The Morgan fingerprint density at radius 3 is 2.40 bits per heavy atom. The minimum atomic E-state index is -0.986. The highest BCUT2D eigenvalue weighted by Gasteiger charge is 2.11. The molecule has 0 heterocycles. The molecule has 20 heavy (non-hydrogen) atoms. The van der Waals surface area contributed by atoms with Crippen molar-refractivity contribution in [2.45, 2.75) is 25.7 Å². The third kappa shape index (κ3) is 4.12. The molecular weight excluding hydrogens is 256 g/mol. The molecule has 2 amide bonds. The first-order valence-corrected chi connectivity index (χ1v) is 6.73. The normalized spacial score (nSPS) is 15.4. The lowest BCUT2D eigenvalue weighted by Gasteiger charge is -2.05. The molecule has 0 bridgehead atoms. The largest absolute Gasteiger partial charge is 0.478 e. The molecule has 1 fully saturated rings. The summed E-state index contributed by atoms with van der Waals surface area (Å²) in [5, 5.41) is 14.1. The van der Waals surface area contributed by atoms with E-state index < -0.39 is 5.97 Å². The van der Waals surface area contributed by atoms with Gasteiger partial charge in [-0.25, -0.2) is 9.59 Å². The second kappa shape index (κ2) is 6.75. The number of anilines is 1. The van der Waals surface area contributed by atoms with Crippen LogP contribution in [0.1, 0.15) is 36.0 Å². The summed E-state index contributed by atoms with van der Waals surface area (Å²) in [6.45, 7) is 0. The number of carbonyl (C=O) groups is 2. The van der Waals surface area contributed by atoms with E-state index in [2.05, 4.69) is 10.6 Å². The fourth-order valence-corrected chi connectivity index (χ4v) is 2.27. The minimum absolute atomic E-state index is 0.192. The summed E-state index contributed by atoms with van der Waals surface area (Å²) >= 11 is 0. The number of amides is 2. The van der Waals surface area contributed by atoms with Gasteiger partial charge in [0.05, 0.1) is 5.56 Å². The number of allylic oxidation sites excluding steroid dienone is 1. The smallest absolute Gasteiger partial charge is 0.335 e. The van der Waals surface area contributed by atoms with Gasteiger partial charge in [0, 0.05) is 11.9 Å². The van der Waals surface area contributed by atoms with Gasteiger partial charge in [0.25, 0.3) is 0 Å². The average molecular weight is 274 g/mol. The van der Waals surface area contributed by atoms with Crippen LogP contribution in [0, 0.1) is 5.92 Å². The Labute approximate surface area is 117 Å². The van der Waals surface area contributed by atoms with Crippen molar-refractivity contribution in [1.29, 1.82) is 0 Å². The summed E-state index contributed by atoms with van der Waals surface area (Å²) in [6, 6.07) is 5.69. The van der Waals surface area contributed by atoms with E-state index >= 15 is 0 Å². The van der Waals surface area contributed by atoms with Crippen LogP contribution in [0.3, 0.4) is 0 Å². The summed E-state index contributed by atoms with van der Waals surface area (Å²) in [6.07, 6.45) is 8.61. The van der Waals surface area contributed by atoms with Gasteiger partial charge in [0.15, 0.2) is 0 Å². The summed E-state index contributed by atoms with van der Waals surface area (Å²) < 4.78 is 0. The van der Waals surface area contributed by atoms with Gasteiger partial charge in [-0.2, -0.15) is 0 Å². The maximum absolute atomic E-state index is 11.6. The maximum Gasteiger partial charge on any atom is 0.335 e. The molecule has 0 unspecified atom stereocenters. The van der Waals surface area contributed by atoms with E-state index in [4.69, 9.17) is 5.11 Å². The zero-order valence-electron chi connectivity index (χ0n) is 11.1. The second-order valence-electron chi connectivity index (χ2n) is 4.88. The Hall–Kier alpha value is -2.30. The van der Waals surface area contributed by atoms with Crippen LogP contribution < -0.4 is 10.6 Å². The van der Waals surface area contributed by atoms with E-state index in [1.165, 1.54) is 37.8 Å². The number of carboxylic acids is 1. The van der Waals surface area contributed by atoms with E-state index in [0.717, 1.165) is 0 Å². The van der Waals surface area contributed by atoms with E-state index in [1.807, 2.05) is 6.08 Å². The molecule has 0 spiro atoms. The lowest BCUT2D eigenvalue weighted by atomic mass is 10.1. The van der Waals surface area contributed by atoms with Crippen LogP contribution in [0.15, 0.2) is 36.5 Å². The molecule has 106 valence electrons. The number of urea groups is 1. The molecule has 0 aliphatic heterocycles. The van der Waals surface area contributed by atoms with E-state index in [9.17, 15) is 9.59 Å². The minimum Gasteiger partial charge on any atom is -0.478 e. The molecular formula is C15H18N2O3. The first kappa shape index (κ1) is 14.1. The van der Waals surface area contributed by atoms with Crippen LogP contribution in [-0.2, 0) is 0 Å². The molecule has 1 aliphatic carbocycles. The van der Waals surface area contributed by atoms with Crippen LogP contribution in [0.25, 0.3) is 0 Å². The average Bonchev–Trinajstić information content (AvgIpc) is 2.92. The van der Waals surface area contributed by atoms with Crippen molar-refractivity contribution < 1.29 is 14.7 Å². The number of benzene rings is 1. The standard InChI is InChI=1S/C15H18N2O3/c18-14(19)12-5-7-13(8-6-12)17-15(20)16-10-9-11-3-1-2-4-11/h5-11H,1-4H2,(H,18,19)(H2,16,17,20)/b10-9+. The predicted molar refractivity (Wildman–Crippen MR) is 76.7 cm³/mol. The molecule has 2 rings (SSSR count). The summed E-state index contributed by atoms with van der Waals surface area (Å²) in [4.78, 5) is 22.3. The monoisotopic (exact) mass is 274 g/mol. The predicted octanol–water partition coefficient (Wildman–Crippen LogP) is 3.21. The Morgan fingerprint density at radius 2 is 1.80 bits per heavy atom. The SMILES string of the molecule is O=C(N/C=C/C1CCCC1)Nc1ccc(C(=O)O)cc1. The van der Waals surface area contributed by atoms with E-state index in [-0.39, 0.29) is 11.6 Å². The van der Waals surface area contributed by atoms with Gasteiger partial charge in [0.2, 0.25) is 0 Å². The van der Waals surface area contributed by atoms with Crippen molar-refractivity contribution in [2.24, 2.45) is 5.92 Å². The Kier molecular flexibility index (Phi) is 4.76. The van der Waals surface area contributed by atoms with Gasteiger partial charge >= 0.3 is 12.0 Å². The van der Waals surface area contributed by atoms with Crippen LogP contribution in [0.5, 0.6) is 0 Å². The van der Waals surface area contributed by atoms with Gasteiger partial charge in [-0.3, -0.25) is 0 Å². The number of rotatable bonds is 4. The highest BCUT2D eigenvalue weighted by Crippen LogP contribution is 2.25. The first-order chi connectivity index (χ1) is 9.65. The third-order valence-corrected chi connectivity index (χ3v) is 3.37. The highest BCUT2D eigenvalue weighted by molar-refractivity contribution is 5.91. The molecule has 1 aliphatic rings. The second-order valence-corrected chi connectivity index (χ2v) is 4.88. The highest BCUT2D eigenvalue weighted by atomic mass is 16.4. The Bertz CT molecular complexity index is 502. The molecule has 0 saturated heterocycles. The molecule has 1 aromatic carbocycles. The fourth-order valence-electron chi connectivity index (χ4n) is 2.27. The topological polar surface area (TPSA) is 78.4 Å². The lowest BCUT2D eigenvalue weighted by Crippen LogP contribution is -2.24. The van der Waals surface area contributed by atoms with Crippen LogP contribution in [0.2, 0.25) is 0 Å². The number of aromatic carboxylic acids is 1. The molecule has 5 nitrogen and oxygen atoms in total. The maximum atomic E-state index is 11.6. The Balaban J connectivity index is 1.80. The van der Waals surface area contributed by atoms with Crippen LogP contribution in [-0.4, -0.2) is 17.1 Å². The number of hydrogen-bond donors (Lipinski definition) is 3. The molecule has 5 heteroatoms. The van der Waals surface area contributed by atoms with Crippen LogP contribution >= 0.6 is 0 Å². The van der Waals surface area contributed by atoms with Crippen molar-refractivity contribution in [3.63, 3.8) is 0 Å². The van der Waals surface area contributed by atoms with Gasteiger partial charge in [-0.15, -0.1) is 0 Å². The van der Waals surface area contributed by atoms with Crippen molar-refractivity contribution in [2.75, 3.05) is 5.32 Å². The van der Waals surface area contributed by atoms with Crippen LogP contribution in [0.4, 0.5) is 10.5 Å². The quantitative estimate of drug-likeness (QED) is 0.788. The third-order valence-electron chi connectivity index (χ3n) is 3.37. The molecule has 1 saturated carbocycles. The molecule has 3 N–H and O–H groups in total. The zero-order chi connectivity index (χ0) is 14.4. The molecule has 0 aromatic heterocycles. The fraction of sp³-hybridized carbons (Fsp3) is 0.333. The number of carbonyl (C=O) groups excluding carboxylic acids is 1.